The van der Waals surface area contributed by atoms with Crippen molar-refractivity contribution in [1.82, 2.24) is 19.7 Å². The summed E-state index contributed by atoms with van der Waals surface area (Å²) in [6, 6.07) is 4.62. The van der Waals surface area contributed by atoms with E-state index in [0.29, 0.717) is 23.2 Å². The maximum atomic E-state index is 14.5. The van der Waals surface area contributed by atoms with Crippen LogP contribution in [-0.4, -0.2) is 37.2 Å². The Morgan fingerprint density at radius 3 is 2.85 bits per heavy atom. The van der Waals surface area contributed by atoms with E-state index >= 15 is 0 Å². The third-order valence-corrected chi connectivity index (χ3v) is 5.13. The third-order valence-electron chi connectivity index (χ3n) is 4.30. The zero-order valence-corrected chi connectivity index (χ0v) is 14.8. The molecular formula is C17H16F2N4O2S. The number of hydrogen-bond donors (Lipinski definition) is 0. The van der Waals surface area contributed by atoms with Crippen molar-refractivity contribution in [1.29, 1.82) is 0 Å². The number of para-hydroxylation sites is 1. The minimum atomic E-state index is -1.62. The summed E-state index contributed by atoms with van der Waals surface area (Å²) in [6.07, 6.45) is 4.55. The van der Waals surface area contributed by atoms with Crippen LogP contribution in [0.4, 0.5) is 8.78 Å². The van der Waals surface area contributed by atoms with E-state index in [9.17, 15) is 13.3 Å². The van der Waals surface area contributed by atoms with Crippen LogP contribution in [0.15, 0.2) is 29.4 Å². The van der Waals surface area contributed by atoms with E-state index in [1.807, 2.05) is 0 Å². The van der Waals surface area contributed by atoms with Gasteiger partial charge in [0.25, 0.3) is 5.03 Å². The standard InChI is InChI=1S/C17H16F2N4O2S/c1-26(24)17-12(19)9-20-16(21-17)14-10-5-4-6-11(18)15(10)23(22-14)13-7-2-3-8-25-13/h4-6,9,13H,2-3,7-8H2,1H3. The lowest BCUT2D eigenvalue weighted by Crippen LogP contribution is -2.19. The first kappa shape index (κ1) is 17.3. The van der Waals surface area contributed by atoms with Gasteiger partial charge in [-0.3, -0.25) is 0 Å². The molecule has 3 heterocycles. The topological polar surface area (TPSA) is 75.9 Å². The van der Waals surface area contributed by atoms with Crippen LogP contribution in [-0.2, 0) is 15.9 Å². The summed E-state index contributed by atoms with van der Waals surface area (Å²) >= 11 is -1.62. The molecule has 2 atom stereocenters. The summed E-state index contributed by atoms with van der Waals surface area (Å²) in [7, 11) is 0. The highest BCUT2D eigenvalue weighted by molar-refractivity contribution is 7.90. The largest absolute Gasteiger partial charge is 0.610 e. The monoisotopic (exact) mass is 378 g/mol. The van der Waals surface area contributed by atoms with Crippen molar-refractivity contribution in [2.24, 2.45) is 0 Å². The van der Waals surface area contributed by atoms with E-state index in [-0.39, 0.29) is 17.1 Å². The molecule has 0 amide bonds. The molecule has 136 valence electrons. The Morgan fingerprint density at radius 2 is 2.12 bits per heavy atom. The highest BCUT2D eigenvalue weighted by Gasteiger charge is 2.26. The summed E-state index contributed by atoms with van der Waals surface area (Å²) in [5.41, 5.74) is 0.599. The lowest BCUT2D eigenvalue weighted by molar-refractivity contribution is -0.0368. The highest BCUT2D eigenvalue weighted by Crippen LogP contribution is 2.33. The number of ether oxygens (including phenoxy) is 1. The Labute approximate surface area is 151 Å². The molecule has 0 radical (unpaired) electrons. The summed E-state index contributed by atoms with van der Waals surface area (Å²) in [6.45, 7) is 0.585. The average Bonchev–Trinajstić information content (AvgIpc) is 3.04. The van der Waals surface area contributed by atoms with Gasteiger partial charge in [0, 0.05) is 23.2 Å². The van der Waals surface area contributed by atoms with E-state index < -0.39 is 22.8 Å². The molecule has 2 aromatic heterocycles. The maximum Gasteiger partial charge on any atom is 0.284 e. The third kappa shape index (κ3) is 2.95. The van der Waals surface area contributed by atoms with E-state index in [2.05, 4.69) is 15.1 Å². The predicted molar refractivity (Wildman–Crippen MR) is 91.8 cm³/mol. The van der Waals surface area contributed by atoms with Gasteiger partial charge >= 0.3 is 0 Å². The van der Waals surface area contributed by atoms with Gasteiger partial charge in [0.05, 0.1) is 6.20 Å². The smallest absolute Gasteiger partial charge is 0.284 e. The summed E-state index contributed by atoms with van der Waals surface area (Å²) < 4.78 is 47.3. The summed E-state index contributed by atoms with van der Waals surface area (Å²) in [4.78, 5) is 8.03. The second-order valence-corrected chi connectivity index (χ2v) is 7.35. The Balaban J connectivity index is 1.91. The fourth-order valence-electron chi connectivity index (χ4n) is 3.11. The van der Waals surface area contributed by atoms with Crippen LogP contribution in [0.3, 0.4) is 0 Å². The van der Waals surface area contributed by atoms with E-state index in [1.54, 1.807) is 12.1 Å². The molecule has 26 heavy (non-hydrogen) atoms. The molecule has 9 heteroatoms. The molecule has 1 saturated heterocycles. The highest BCUT2D eigenvalue weighted by atomic mass is 32.2. The molecule has 4 rings (SSSR count). The molecule has 6 nitrogen and oxygen atoms in total. The van der Waals surface area contributed by atoms with Gasteiger partial charge in [0.15, 0.2) is 12.1 Å². The van der Waals surface area contributed by atoms with Crippen LogP contribution >= 0.6 is 0 Å². The van der Waals surface area contributed by atoms with Crippen LogP contribution in [0.1, 0.15) is 25.5 Å². The number of rotatable bonds is 3. The fourth-order valence-corrected chi connectivity index (χ4v) is 3.65. The molecule has 2 unspecified atom stereocenters. The van der Waals surface area contributed by atoms with Crippen molar-refractivity contribution < 1.29 is 18.1 Å². The molecule has 1 aliphatic rings. The van der Waals surface area contributed by atoms with Gasteiger partial charge < -0.3 is 9.29 Å². The lowest BCUT2D eigenvalue weighted by Gasteiger charge is -2.23. The van der Waals surface area contributed by atoms with Crippen LogP contribution in [0.25, 0.3) is 22.4 Å². The molecule has 1 aromatic carbocycles. The summed E-state index contributed by atoms with van der Waals surface area (Å²) in [5.74, 6) is -1.08. The Hall–Kier alpha value is -2.10. The zero-order chi connectivity index (χ0) is 18.3. The molecule has 0 aliphatic carbocycles. The van der Waals surface area contributed by atoms with Crippen molar-refractivity contribution in [3.63, 3.8) is 0 Å². The number of benzene rings is 1. The lowest BCUT2D eigenvalue weighted by atomic mass is 10.1. The molecule has 3 aromatic rings. The van der Waals surface area contributed by atoms with E-state index in [0.717, 1.165) is 25.5 Å². The molecular weight excluding hydrogens is 362 g/mol. The van der Waals surface area contributed by atoms with Gasteiger partial charge in [-0.15, -0.1) is 0 Å². The average molecular weight is 378 g/mol. The number of nitrogens with zero attached hydrogens (tertiary/aromatic N) is 4. The van der Waals surface area contributed by atoms with Crippen LogP contribution < -0.4 is 0 Å². The molecule has 0 bridgehead atoms. The number of halogens is 2. The van der Waals surface area contributed by atoms with Crippen molar-refractivity contribution in [2.75, 3.05) is 12.9 Å². The minimum Gasteiger partial charge on any atom is -0.610 e. The van der Waals surface area contributed by atoms with Gasteiger partial charge in [0.2, 0.25) is 5.82 Å². The molecule has 0 saturated carbocycles. The second kappa shape index (κ2) is 6.90. The first-order chi connectivity index (χ1) is 12.6. The number of fused-ring (bicyclic) bond motifs is 1. The Morgan fingerprint density at radius 1 is 1.27 bits per heavy atom. The fraction of sp³-hybridized carbons (Fsp3) is 0.353. The maximum absolute atomic E-state index is 14.5. The van der Waals surface area contributed by atoms with Crippen molar-refractivity contribution >= 4 is 22.1 Å². The van der Waals surface area contributed by atoms with Crippen molar-refractivity contribution in [3.8, 4) is 11.5 Å². The van der Waals surface area contributed by atoms with Crippen LogP contribution in [0.5, 0.6) is 0 Å². The number of hydrogen-bond acceptors (Lipinski definition) is 5. The minimum absolute atomic E-state index is 0.0989. The van der Waals surface area contributed by atoms with Gasteiger partial charge in [0.1, 0.15) is 23.3 Å². The Bertz CT molecular complexity index is 957. The molecule has 1 fully saturated rings. The number of aromatic nitrogens is 4. The van der Waals surface area contributed by atoms with Gasteiger partial charge in [-0.2, -0.15) is 14.5 Å². The first-order valence-corrected chi connectivity index (χ1v) is 9.76. The van der Waals surface area contributed by atoms with E-state index in [1.165, 1.54) is 17.0 Å². The summed E-state index contributed by atoms with van der Waals surface area (Å²) in [5, 5.41) is 4.77. The first-order valence-electron chi connectivity index (χ1n) is 8.21. The molecule has 1 aliphatic heterocycles. The van der Waals surface area contributed by atoms with Crippen LogP contribution in [0, 0.1) is 11.6 Å². The SMILES string of the molecule is C[S+]([O-])c1nc(-c2nn(C3CCCCO3)c3c(F)cccc23)ncc1F. The van der Waals surface area contributed by atoms with Crippen LogP contribution in [0.2, 0.25) is 0 Å². The van der Waals surface area contributed by atoms with Gasteiger partial charge in [-0.05, 0) is 25.3 Å². The van der Waals surface area contributed by atoms with Crippen molar-refractivity contribution in [3.05, 3.63) is 36.0 Å². The van der Waals surface area contributed by atoms with Gasteiger partial charge in [-0.25, -0.2) is 14.1 Å². The quantitative estimate of drug-likeness (QED) is 0.517. The van der Waals surface area contributed by atoms with E-state index in [4.69, 9.17) is 4.74 Å². The normalized spacial score (nSPS) is 19.0. The second-order valence-electron chi connectivity index (χ2n) is 6.05. The Kier molecular flexibility index (Phi) is 4.60. The van der Waals surface area contributed by atoms with Crippen molar-refractivity contribution in [2.45, 2.75) is 30.5 Å². The molecule has 0 spiro atoms. The predicted octanol–water partition coefficient (Wildman–Crippen LogP) is 3.21. The molecule has 0 N–H and O–H groups in total. The van der Waals surface area contributed by atoms with Gasteiger partial charge in [-0.1, -0.05) is 12.1 Å². The zero-order valence-electron chi connectivity index (χ0n) is 14.0.